The van der Waals surface area contributed by atoms with E-state index in [1.54, 1.807) is 49.4 Å². The predicted molar refractivity (Wildman–Crippen MR) is 128 cm³/mol. The standard InChI is InChI=1S/C24H15Cl2N3O5/c1-14-7-8-20(21(9-14)29(32)33)28-23(30)17(13-27)10-15-11-18(25)22(19(26)12-15)34-24(31)16-5-3-2-4-6-16/h2-12H,1H3,(H,28,30)/b17-10+. The van der Waals surface area contributed by atoms with Gasteiger partial charge in [0.2, 0.25) is 0 Å². The first kappa shape index (κ1) is 24.5. The SMILES string of the molecule is Cc1ccc(NC(=O)/C(C#N)=C/c2cc(Cl)c(OC(=O)c3ccccc3)c(Cl)c2)c([N+](=O)[O-])c1. The van der Waals surface area contributed by atoms with Crippen LogP contribution in [-0.2, 0) is 4.79 Å². The lowest BCUT2D eigenvalue weighted by molar-refractivity contribution is -0.384. The van der Waals surface area contributed by atoms with Crippen molar-refractivity contribution in [1.82, 2.24) is 0 Å². The first-order valence-electron chi connectivity index (χ1n) is 9.64. The number of carbonyl (C=O) groups is 2. The minimum atomic E-state index is -0.860. The van der Waals surface area contributed by atoms with Gasteiger partial charge < -0.3 is 10.1 Å². The van der Waals surface area contributed by atoms with Crippen LogP contribution in [0, 0.1) is 28.4 Å². The summed E-state index contributed by atoms with van der Waals surface area (Å²) >= 11 is 12.4. The second-order valence-electron chi connectivity index (χ2n) is 6.97. The van der Waals surface area contributed by atoms with Crippen LogP contribution in [0.4, 0.5) is 11.4 Å². The molecule has 0 saturated carbocycles. The van der Waals surface area contributed by atoms with Gasteiger partial charge in [0.05, 0.1) is 20.5 Å². The molecule has 34 heavy (non-hydrogen) atoms. The monoisotopic (exact) mass is 495 g/mol. The van der Waals surface area contributed by atoms with Crippen LogP contribution in [0.25, 0.3) is 6.08 Å². The maximum Gasteiger partial charge on any atom is 0.343 e. The summed E-state index contributed by atoms with van der Waals surface area (Å²) in [6.45, 7) is 1.67. The summed E-state index contributed by atoms with van der Waals surface area (Å²) < 4.78 is 5.29. The molecular weight excluding hydrogens is 481 g/mol. The summed E-state index contributed by atoms with van der Waals surface area (Å²) in [6, 6.07) is 17.0. The van der Waals surface area contributed by atoms with Gasteiger partial charge in [-0.1, -0.05) is 47.5 Å². The molecule has 1 N–H and O–H groups in total. The number of nitriles is 1. The van der Waals surface area contributed by atoms with E-state index in [4.69, 9.17) is 27.9 Å². The highest BCUT2D eigenvalue weighted by molar-refractivity contribution is 6.37. The zero-order valence-corrected chi connectivity index (χ0v) is 19.1. The van der Waals surface area contributed by atoms with E-state index >= 15 is 0 Å². The van der Waals surface area contributed by atoms with E-state index in [1.807, 2.05) is 0 Å². The Kier molecular flexibility index (Phi) is 7.64. The van der Waals surface area contributed by atoms with Gasteiger partial charge in [0, 0.05) is 6.07 Å². The Hall–Kier alpha value is -4.19. The number of halogens is 2. The van der Waals surface area contributed by atoms with Gasteiger partial charge in [-0.2, -0.15) is 5.26 Å². The maximum absolute atomic E-state index is 12.6. The van der Waals surface area contributed by atoms with E-state index in [0.717, 1.165) is 0 Å². The van der Waals surface area contributed by atoms with Crippen molar-refractivity contribution in [3.05, 3.63) is 103 Å². The summed E-state index contributed by atoms with van der Waals surface area (Å²) in [4.78, 5) is 35.5. The molecule has 0 fully saturated rings. The highest BCUT2D eigenvalue weighted by atomic mass is 35.5. The normalized spacial score (nSPS) is 10.8. The van der Waals surface area contributed by atoms with Crippen molar-refractivity contribution >= 4 is 52.5 Å². The van der Waals surface area contributed by atoms with Crippen LogP contribution < -0.4 is 10.1 Å². The number of nitro groups is 1. The number of nitrogens with one attached hydrogen (secondary N) is 1. The van der Waals surface area contributed by atoms with Crippen molar-refractivity contribution in [3.8, 4) is 11.8 Å². The second kappa shape index (κ2) is 10.6. The molecule has 0 radical (unpaired) electrons. The quantitative estimate of drug-likeness (QED) is 0.112. The lowest BCUT2D eigenvalue weighted by atomic mass is 10.1. The molecule has 1 amide bonds. The smallest absolute Gasteiger partial charge is 0.343 e. The van der Waals surface area contributed by atoms with Crippen molar-refractivity contribution in [3.63, 3.8) is 0 Å². The number of ether oxygens (including phenoxy) is 1. The number of aryl methyl sites for hydroxylation is 1. The first-order valence-corrected chi connectivity index (χ1v) is 10.4. The van der Waals surface area contributed by atoms with Crippen LogP contribution in [0.1, 0.15) is 21.5 Å². The van der Waals surface area contributed by atoms with Crippen molar-refractivity contribution in [2.24, 2.45) is 0 Å². The van der Waals surface area contributed by atoms with Gasteiger partial charge in [0.15, 0.2) is 5.75 Å². The molecule has 0 aliphatic rings. The molecule has 0 aliphatic carbocycles. The van der Waals surface area contributed by atoms with Crippen molar-refractivity contribution < 1.29 is 19.2 Å². The molecule has 10 heteroatoms. The number of nitrogens with zero attached hydrogens (tertiary/aromatic N) is 2. The molecule has 0 heterocycles. The molecule has 3 rings (SSSR count). The van der Waals surface area contributed by atoms with E-state index in [-0.39, 0.29) is 38.3 Å². The number of rotatable bonds is 6. The van der Waals surface area contributed by atoms with E-state index in [2.05, 4.69) is 5.32 Å². The maximum atomic E-state index is 12.6. The van der Waals surface area contributed by atoms with E-state index in [1.165, 1.54) is 30.3 Å². The highest BCUT2D eigenvalue weighted by Gasteiger charge is 2.19. The summed E-state index contributed by atoms with van der Waals surface area (Å²) in [5, 5.41) is 23.0. The Morgan fingerprint density at radius 1 is 1.09 bits per heavy atom. The predicted octanol–water partition coefficient (Wildman–Crippen LogP) is 5.97. The number of carbonyl (C=O) groups excluding carboxylic acids is 2. The van der Waals surface area contributed by atoms with Crippen molar-refractivity contribution in [2.45, 2.75) is 6.92 Å². The van der Waals surface area contributed by atoms with Gasteiger partial charge in [0.1, 0.15) is 17.3 Å². The van der Waals surface area contributed by atoms with Crippen LogP contribution >= 0.6 is 23.2 Å². The molecule has 0 aliphatic heterocycles. The summed E-state index contributed by atoms with van der Waals surface area (Å²) in [6.07, 6.45) is 1.20. The Bertz CT molecular complexity index is 1340. The third-order valence-electron chi connectivity index (χ3n) is 4.50. The number of hydrogen-bond acceptors (Lipinski definition) is 6. The molecule has 0 aromatic heterocycles. The van der Waals surface area contributed by atoms with Crippen LogP contribution in [0.3, 0.4) is 0 Å². The molecule has 3 aromatic rings. The minimum absolute atomic E-state index is 0.0186. The zero-order valence-electron chi connectivity index (χ0n) is 17.5. The van der Waals surface area contributed by atoms with E-state index in [0.29, 0.717) is 11.1 Å². The molecule has 170 valence electrons. The summed E-state index contributed by atoms with van der Waals surface area (Å²) in [7, 11) is 0. The number of amides is 1. The molecular formula is C24H15Cl2N3O5. The molecule has 0 bridgehead atoms. The van der Waals surface area contributed by atoms with Crippen LogP contribution in [0.5, 0.6) is 5.75 Å². The molecule has 0 spiro atoms. The Morgan fingerprint density at radius 3 is 2.32 bits per heavy atom. The largest absolute Gasteiger partial charge is 0.420 e. The molecule has 0 atom stereocenters. The number of nitro benzene ring substituents is 1. The van der Waals surface area contributed by atoms with Gasteiger partial charge in [-0.25, -0.2) is 4.79 Å². The van der Waals surface area contributed by atoms with Crippen LogP contribution in [0.2, 0.25) is 10.0 Å². The average Bonchev–Trinajstić information content (AvgIpc) is 2.81. The average molecular weight is 496 g/mol. The second-order valence-corrected chi connectivity index (χ2v) is 7.79. The highest BCUT2D eigenvalue weighted by Crippen LogP contribution is 2.35. The van der Waals surface area contributed by atoms with Crippen molar-refractivity contribution in [1.29, 1.82) is 5.26 Å². The van der Waals surface area contributed by atoms with Gasteiger partial charge >= 0.3 is 5.97 Å². The number of hydrogen-bond donors (Lipinski definition) is 1. The van der Waals surface area contributed by atoms with Crippen LogP contribution in [-0.4, -0.2) is 16.8 Å². The fourth-order valence-corrected chi connectivity index (χ4v) is 3.47. The molecule has 8 nitrogen and oxygen atoms in total. The van der Waals surface area contributed by atoms with Gasteiger partial charge in [-0.3, -0.25) is 14.9 Å². The summed E-state index contributed by atoms with van der Waals surface area (Å²) in [5.74, 6) is -1.60. The van der Waals surface area contributed by atoms with Gasteiger partial charge in [-0.05, 0) is 54.5 Å². The van der Waals surface area contributed by atoms with Crippen LogP contribution in [0.15, 0.2) is 66.2 Å². The Labute approximate surface area is 204 Å². The van der Waals surface area contributed by atoms with E-state index in [9.17, 15) is 25.0 Å². The lowest BCUT2D eigenvalue weighted by Crippen LogP contribution is -2.14. The fraction of sp³-hybridized carbons (Fsp3) is 0.0417. The Morgan fingerprint density at radius 2 is 1.74 bits per heavy atom. The molecule has 0 unspecified atom stereocenters. The Balaban J connectivity index is 1.85. The number of benzene rings is 3. The first-order chi connectivity index (χ1) is 16.2. The fourth-order valence-electron chi connectivity index (χ4n) is 2.89. The van der Waals surface area contributed by atoms with E-state index < -0.39 is 16.8 Å². The third kappa shape index (κ3) is 5.78. The van der Waals surface area contributed by atoms with Gasteiger partial charge in [0.25, 0.3) is 11.6 Å². The minimum Gasteiger partial charge on any atom is -0.420 e. The topological polar surface area (TPSA) is 122 Å². The van der Waals surface area contributed by atoms with Gasteiger partial charge in [-0.15, -0.1) is 0 Å². The molecule has 3 aromatic carbocycles. The number of esters is 1. The van der Waals surface area contributed by atoms with Crippen molar-refractivity contribution in [2.75, 3.05) is 5.32 Å². The third-order valence-corrected chi connectivity index (χ3v) is 5.06. The zero-order chi connectivity index (χ0) is 24.8. The molecule has 0 saturated heterocycles. The number of anilines is 1. The summed E-state index contributed by atoms with van der Waals surface area (Å²) in [5.41, 5.74) is 0.503. The lowest BCUT2D eigenvalue weighted by Gasteiger charge is -2.10.